The summed E-state index contributed by atoms with van der Waals surface area (Å²) in [7, 11) is 1.50. The Hall–Kier alpha value is -4.06. The van der Waals surface area contributed by atoms with Crippen molar-refractivity contribution in [1.29, 1.82) is 0 Å². The van der Waals surface area contributed by atoms with Gasteiger partial charge in [0.05, 0.1) is 7.11 Å². The molecule has 0 unspecified atom stereocenters. The summed E-state index contributed by atoms with van der Waals surface area (Å²) >= 11 is 0. The molecule has 0 bridgehead atoms. The summed E-state index contributed by atoms with van der Waals surface area (Å²) in [5.41, 5.74) is 8.14. The average Bonchev–Trinajstić information content (AvgIpc) is 2.83. The van der Waals surface area contributed by atoms with Crippen molar-refractivity contribution in [3.63, 3.8) is 0 Å². The molecule has 0 saturated carbocycles. The molecular formula is C26H26N2O4. The predicted octanol–water partition coefficient (Wildman–Crippen LogP) is 3.52. The number of nitrogens with one attached hydrogen (secondary N) is 1. The van der Waals surface area contributed by atoms with E-state index in [0.29, 0.717) is 18.0 Å². The van der Waals surface area contributed by atoms with Crippen LogP contribution in [0.15, 0.2) is 84.9 Å². The fourth-order valence-corrected chi connectivity index (χ4v) is 3.29. The average molecular weight is 431 g/mol. The molecule has 0 saturated heterocycles. The second-order valence-corrected chi connectivity index (χ2v) is 7.12. The van der Waals surface area contributed by atoms with Crippen molar-refractivity contribution in [2.75, 3.05) is 20.3 Å². The number of carbonyl (C=O) groups excluding carboxylic acids is 2. The van der Waals surface area contributed by atoms with Gasteiger partial charge in [-0.05, 0) is 34.9 Å². The van der Waals surface area contributed by atoms with Crippen LogP contribution in [0.5, 0.6) is 11.5 Å². The number of nitrogens with two attached hydrogens (primary N) is 1. The van der Waals surface area contributed by atoms with Crippen LogP contribution in [0.3, 0.4) is 0 Å². The molecule has 3 N–H and O–H groups in total. The van der Waals surface area contributed by atoms with Gasteiger partial charge in [0.2, 0.25) is 5.91 Å². The van der Waals surface area contributed by atoms with Crippen LogP contribution < -0.4 is 20.5 Å². The molecule has 0 spiro atoms. The van der Waals surface area contributed by atoms with Crippen molar-refractivity contribution < 1.29 is 19.1 Å². The fourth-order valence-electron chi connectivity index (χ4n) is 3.29. The van der Waals surface area contributed by atoms with Gasteiger partial charge < -0.3 is 20.5 Å². The Morgan fingerprint density at radius 3 is 2.12 bits per heavy atom. The number of primary amides is 1. The lowest BCUT2D eigenvalue weighted by Gasteiger charge is -2.18. The van der Waals surface area contributed by atoms with Gasteiger partial charge in [-0.2, -0.15) is 0 Å². The van der Waals surface area contributed by atoms with E-state index in [-0.39, 0.29) is 18.4 Å². The van der Waals surface area contributed by atoms with Crippen LogP contribution in [-0.4, -0.2) is 32.1 Å². The number of hydrogen-bond acceptors (Lipinski definition) is 4. The van der Waals surface area contributed by atoms with Gasteiger partial charge >= 0.3 is 0 Å². The molecule has 0 radical (unpaired) electrons. The highest BCUT2D eigenvalue weighted by Crippen LogP contribution is 2.28. The van der Waals surface area contributed by atoms with Crippen LogP contribution >= 0.6 is 0 Å². The van der Waals surface area contributed by atoms with Gasteiger partial charge in [0.1, 0.15) is 0 Å². The molecular weight excluding hydrogens is 404 g/mol. The number of carbonyl (C=O) groups is 2. The standard InChI is InChI=1S/C26H26N2O4/c1-31-24-16-19(12-14-23(24)32-18-25(27)29)13-15-26(30)28-17-22(20-8-4-2-5-9-20)21-10-6-3-7-11-21/h2-16,22H,17-18H2,1H3,(H2,27,29)(H,28,30). The van der Waals surface area contributed by atoms with E-state index >= 15 is 0 Å². The van der Waals surface area contributed by atoms with E-state index in [1.807, 2.05) is 36.4 Å². The highest BCUT2D eigenvalue weighted by molar-refractivity contribution is 5.91. The minimum absolute atomic E-state index is 0.0523. The summed E-state index contributed by atoms with van der Waals surface area (Å²) in [5.74, 6) is 0.131. The number of benzene rings is 3. The van der Waals surface area contributed by atoms with E-state index in [4.69, 9.17) is 15.2 Å². The molecule has 0 fully saturated rings. The number of hydrogen-bond donors (Lipinski definition) is 2. The normalized spacial score (nSPS) is 10.8. The molecule has 0 aliphatic heterocycles. The van der Waals surface area contributed by atoms with Gasteiger partial charge in [-0.1, -0.05) is 66.7 Å². The molecule has 3 rings (SSSR count). The van der Waals surface area contributed by atoms with Crippen molar-refractivity contribution in [1.82, 2.24) is 5.32 Å². The van der Waals surface area contributed by atoms with Gasteiger partial charge in [0.25, 0.3) is 5.91 Å². The smallest absolute Gasteiger partial charge is 0.255 e. The third-order valence-corrected chi connectivity index (χ3v) is 4.87. The lowest BCUT2D eigenvalue weighted by molar-refractivity contribution is -0.120. The van der Waals surface area contributed by atoms with Crippen molar-refractivity contribution in [2.24, 2.45) is 5.73 Å². The van der Waals surface area contributed by atoms with Crippen molar-refractivity contribution in [3.8, 4) is 11.5 Å². The van der Waals surface area contributed by atoms with Gasteiger partial charge in [-0.25, -0.2) is 0 Å². The van der Waals surface area contributed by atoms with Gasteiger partial charge in [-0.3, -0.25) is 9.59 Å². The van der Waals surface area contributed by atoms with E-state index in [9.17, 15) is 9.59 Å². The number of ether oxygens (including phenoxy) is 2. The van der Waals surface area contributed by atoms with Crippen LogP contribution in [0.4, 0.5) is 0 Å². The Morgan fingerprint density at radius 1 is 0.938 bits per heavy atom. The maximum absolute atomic E-state index is 12.5. The van der Waals surface area contributed by atoms with Gasteiger partial charge in [0, 0.05) is 18.5 Å². The lowest BCUT2D eigenvalue weighted by Crippen LogP contribution is -2.27. The van der Waals surface area contributed by atoms with Crippen LogP contribution in [0.1, 0.15) is 22.6 Å². The number of amides is 2. The first-order chi connectivity index (χ1) is 15.6. The quantitative estimate of drug-likeness (QED) is 0.482. The van der Waals surface area contributed by atoms with Crippen molar-refractivity contribution in [2.45, 2.75) is 5.92 Å². The minimum Gasteiger partial charge on any atom is -0.493 e. The highest BCUT2D eigenvalue weighted by Gasteiger charge is 2.14. The van der Waals surface area contributed by atoms with E-state index in [1.54, 1.807) is 24.3 Å². The third-order valence-electron chi connectivity index (χ3n) is 4.87. The molecule has 6 heteroatoms. The molecule has 0 atom stereocenters. The zero-order valence-electron chi connectivity index (χ0n) is 17.9. The fraction of sp³-hybridized carbons (Fsp3) is 0.154. The van der Waals surface area contributed by atoms with Crippen LogP contribution in [0.25, 0.3) is 6.08 Å². The van der Waals surface area contributed by atoms with E-state index in [1.165, 1.54) is 13.2 Å². The third kappa shape index (κ3) is 6.47. The zero-order chi connectivity index (χ0) is 22.8. The van der Waals surface area contributed by atoms with Gasteiger partial charge in [-0.15, -0.1) is 0 Å². The Bertz CT molecular complexity index is 1030. The second-order valence-electron chi connectivity index (χ2n) is 7.12. The number of methoxy groups -OCH3 is 1. The first-order valence-corrected chi connectivity index (χ1v) is 10.2. The monoisotopic (exact) mass is 430 g/mol. The minimum atomic E-state index is -0.572. The van der Waals surface area contributed by atoms with E-state index < -0.39 is 5.91 Å². The summed E-state index contributed by atoms with van der Waals surface area (Å²) in [4.78, 5) is 23.4. The summed E-state index contributed by atoms with van der Waals surface area (Å²) in [5, 5.41) is 2.99. The van der Waals surface area contributed by atoms with Crippen molar-refractivity contribution in [3.05, 3.63) is 102 Å². The Kier molecular flexibility index (Phi) is 8.03. The highest BCUT2D eigenvalue weighted by atomic mass is 16.5. The molecule has 2 amide bonds. The second kappa shape index (κ2) is 11.4. The first kappa shape index (κ1) is 22.6. The largest absolute Gasteiger partial charge is 0.493 e. The Labute approximate surface area is 187 Å². The Morgan fingerprint density at radius 2 is 1.56 bits per heavy atom. The van der Waals surface area contributed by atoms with Crippen LogP contribution in [0.2, 0.25) is 0 Å². The van der Waals surface area contributed by atoms with Gasteiger partial charge in [0.15, 0.2) is 18.1 Å². The molecule has 6 nitrogen and oxygen atoms in total. The lowest BCUT2D eigenvalue weighted by atomic mass is 9.91. The molecule has 32 heavy (non-hydrogen) atoms. The van der Waals surface area contributed by atoms with Crippen LogP contribution in [-0.2, 0) is 9.59 Å². The number of rotatable bonds is 10. The van der Waals surface area contributed by atoms with Crippen molar-refractivity contribution >= 4 is 17.9 Å². The summed E-state index contributed by atoms with van der Waals surface area (Å²) in [6.45, 7) is 0.234. The predicted molar refractivity (Wildman–Crippen MR) is 124 cm³/mol. The van der Waals surface area contributed by atoms with E-state index in [2.05, 4.69) is 29.6 Å². The maximum Gasteiger partial charge on any atom is 0.255 e. The molecule has 0 aliphatic carbocycles. The topological polar surface area (TPSA) is 90.7 Å². The molecule has 0 aliphatic rings. The van der Waals surface area contributed by atoms with Crippen LogP contribution in [0, 0.1) is 0 Å². The molecule has 0 heterocycles. The molecule has 3 aromatic carbocycles. The summed E-state index contributed by atoms with van der Waals surface area (Å²) < 4.78 is 10.6. The van der Waals surface area contributed by atoms with E-state index in [0.717, 1.165) is 16.7 Å². The molecule has 3 aromatic rings. The first-order valence-electron chi connectivity index (χ1n) is 10.2. The maximum atomic E-state index is 12.5. The molecule has 0 aromatic heterocycles. The zero-order valence-corrected chi connectivity index (χ0v) is 17.9. The molecule has 164 valence electrons. The summed E-state index contributed by atoms with van der Waals surface area (Å²) in [6.07, 6.45) is 3.17. The summed E-state index contributed by atoms with van der Waals surface area (Å²) in [6, 6.07) is 25.3. The Balaban J connectivity index is 1.66. The SMILES string of the molecule is COc1cc(C=CC(=O)NCC(c2ccccc2)c2ccccc2)ccc1OCC(N)=O.